The zero-order valence-corrected chi connectivity index (χ0v) is 13.5. The van der Waals surface area contributed by atoms with Crippen LogP contribution in [0.5, 0.6) is 11.5 Å². The van der Waals surface area contributed by atoms with Crippen molar-refractivity contribution in [3.63, 3.8) is 0 Å². The van der Waals surface area contributed by atoms with Gasteiger partial charge in [-0.3, -0.25) is 0 Å². The zero-order chi connectivity index (χ0) is 17.1. The van der Waals surface area contributed by atoms with Gasteiger partial charge in [0.25, 0.3) is 0 Å². The van der Waals surface area contributed by atoms with Crippen molar-refractivity contribution in [1.82, 2.24) is 0 Å². The van der Waals surface area contributed by atoms with Gasteiger partial charge in [-0.05, 0) is 30.2 Å². The standard InChI is InChI=1S/C19H19N3O2/c1-2-9-23-14-6-3-12(4-7-14)18-15-8-5-13(21)10-17(15)24-19(22)16(18)11-20/h3-8,10,18H,2,9,21-22H2,1H3/t18-/m0/s1. The van der Waals surface area contributed by atoms with Crippen molar-refractivity contribution >= 4 is 5.69 Å². The summed E-state index contributed by atoms with van der Waals surface area (Å²) in [7, 11) is 0. The van der Waals surface area contributed by atoms with Crippen molar-refractivity contribution in [2.24, 2.45) is 5.73 Å². The Morgan fingerprint density at radius 2 is 1.92 bits per heavy atom. The molecule has 0 unspecified atom stereocenters. The molecule has 1 heterocycles. The molecule has 2 aromatic rings. The maximum absolute atomic E-state index is 9.53. The second-order valence-corrected chi connectivity index (χ2v) is 5.64. The summed E-state index contributed by atoms with van der Waals surface area (Å²) in [6.07, 6.45) is 0.953. The van der Waals surface area contributed by atoms with Gasteiger partial charge in [0.2, 0.25) is 5.88 Å². The molecule has 1 aliphatic rings. The predicted molar refractivity (Wildman–Crippen MR) is 92.4 cm³/mol. The molecule has 0 saturated heterocycles. The van der Waals surface area contributed by atoms with E-state index < -0.39 is 0 Å². The number of anilines is 1. The molecule has 0 radical (unpaired) electrons. The van der Waals surface area contributed by atoms with E-state index in [4.69, 9.17) is 20.9 Å². The average Bonchev–Trinajstić information content (AvgIpc) is 2.59. The summed E-state index contributed by atoms with van der Waals surface area (Å²) in [4.78, 5) is 0. The Labute approximate surface area is 141 Å². The number of benzene rings is 2. The molecule has 0 bridgehead atoms. The monoisotopic (exact) mass is 321 g/mol. The molecule has 0 amide bonds. The Morgan fingerprint density at radius 3 is 2.58 bits per heavy atom. The smallest absolute Gasteiger partial charge is 0.205 e. The number of ether oxygens (including phenoxy) is 2. The van der Waals surface area contributed by atoms with Gasteiger partial charge < -0.3 is 20.9 Å². The van der Waals surface area contributed by atoms with Gasteiger partial charge in [-0.15, -0.1) is 0 Å². The molecular weight excluding hydrogens is 302 g/mol. The first-order chi connectivity index (χ1) is 11.6. The third-order valence-corrected chi connectivity index (χ3v) is 3.93. The van der Waals surface area contributed by atoms with E-state index in [1.54, 1.807) is 12.1 Å². The van der Waals surface area contributed by atoms with Crippen LogP contribution in [0, 0.1) is 11.3 Å². The molecule has 1 aliphatic heterocycles. The molecule has 0 spiro atoms. The lowest BCUT2D eigenvalue weighted by Crippen LogP contribution is -2.21. The first-order valence-corrected chi connectivity index (χ1v) is 7.83. The molecule has 0 aliphatic carbocycles. The molecule has 0 fully saturated rings. The van der Waals surface area contributed by atoms with Gasteiger partial charge in [-0.25, -0.2) is 0 Å². The van der Waals surface area contributed by atoms with Crippen LogP contribution in [-0.4, -0.2) is 6.61 Å². The minimum absolute atomic E-state index is 0.118. The highest BCUT2D eigenvalue weighted by atomic mass is 16.5. The SMILES string of the molecule is CCCOc1ccc([C@@H]2C(C#N)=C(N)Oc3cc(N)ccc32)cc1. The molecule has 5 heteroatoms. The van der Waals surface area contributed by atoms with Crippen LogP contribution >= 0.6 is 0 Å². The lowest BCUT2D eigenvalue weighted by molar-refractivity contribution is 0.317. The van der Waals surface area contributed by atoms with E-state index in [9.17, 15) is 5.26 Å². The maximum Gasteiger partial charge on any atom is 0.205 e. The van der Waals surface area contributed by atoms with Crippen LogP contribution in [0.25, 0.3) is 0 Å². The Bertz CT molecular complexity index is 819. The lowest BCUT2D eigenvalue weighted by Gasteiger charge is -2.26. The molecule has 122 valence electrons. The second-order valence-electron chi connectivity index (χ2n) is 5.64. The Morgan fingerprint density at radius 1 is 1.17 bits per heavy atom. The summed E-state index contributed by atoms with van der Waals surface area (Å²) in [5, 5.41) is 9.53. The number of hydrogen-bond donors (Lipinski definition) is 2. The van der Waals surface area contributed by atoms with Crippen LogP contribution in [-0.2, 0) is 0 Å². The van der Waals surface area contributed by atoms with Crippen LogP contribution in [0.4, 0.5) is 5.69 Å². The summed E-state index contributed by atoms with van der Waals surface area (Å²) in [5.74, 6) is 1.23. The third kappa shape index (κ3) is 2.86. The van der Waals surface area contributed by atoms with Gasteiger partial charge in [-0.2, -0.15) is 5.26 Å². The fourth-order valence-electron chi connectivity index (χ4n) is 2.79. The minimum Gasteiger partial charge on any atom is -0.494 e. The van der Waals surface area contributed by atoms with Crippen LogP contribution in [0.15, 0.2) is 53.9 Å². The highest BCUT2D eigenvalue weighted by Gasteiger charge is 2.30. The fourth-order valence-corrected chi connectivity index (χ4v) is 2.79. The van der Waals surface area contributed by atoms with Gasteiger partial charge >= 0.3 is 0 Å². The van der Waals surface area contributed by atoms with E-state index >= 15 is 0 Å². The van der Waals surface area contributed by atoms with Crippen molar-refractivity contribution in [2.45, 2.75) is 19.3 Å². The Balaban J connectivity index is 2.03. The van der Waals surface area contributed by atoms with E-state index in [-0.39, 0.29) is 11.8 Å². The third-order valence-electron chi connectivity index (χ3n) is 3.93. The zero-order valence-electron chi connectivity index (χ0n) is 13.5. The molecule has 5 nitrogen and oxygen atoms in total. The lowest BCUT2D eigenvalue weighted by atomic mass is 9.83. The van der Waals surface area contributed by atoms with E-state index in [0.717, 1.165) is 23.3 Å². The average molecular weight is 321 g/mol. The van der Waals surface area contributed by atoms with Crippen molar-refractivity contribution in [3.05, 3.63) is 65.0 Å². The molecule has 2 aromatic carbocycles. The number of hydrogen-bond acceptors (Lipinski definition) is 5. The first kappa shape index (κ1) is 15.8. The summed E-state index contributed by atoms with van der Waals surface area (Å²) in [5.41, 5.74) is 14.6. The van der Waals surface area contributed by atoms with Crippen LogP contribution in [0.1, 0.15) is 30.4 Å². The number of rotatable bonds is 4. The number of nitrogens with zero attached hydrogens (tertiary/aromatic N) is 1. The van der Waals surface area contributed by atoms with Crippen molar-refractivity contribution in [2.75, 3.05) is 12.3 Å². The van der Waals surface area contributed by atoms with E-state index in [1.165, 1.54) is 0 Å². The van der Waals surface area contributed by atoms with Gasteiger partial charge in [0.1, 0.15) is 23.1 Å². The van der Waals surface area contributed by atoms with Crippen LogP contribution in [0.3, 0.4) is 0 Å². The van der Waals surface area contributed by atoms with E-state index in [2.05, 4.69) is 13.0 Å². The molecular formula is C19H19N3O2. The minimum atomic E-state index is -0.278. The number of nitrogen functional groups attached to an aromatic ring is 1. The fraction of sp³-hybridized carbons (Fsp3) is 0.211. The highest BCUT2D eigenvalue weighted by molar-refractivity contribution is 5.59. The molecule has 0 aromatic heterocycles. The van der Waals surface area contributed by atoms with Crippen LogP contribution in [0.2, 0.25) is 0 Å². The highest BCUT2D eigenvalue weighted by Crippen LogP contribution is 2.42. The normalized spacial score (nSPS) is 16.1. The Kier molecular flexibility index (Phi) is 4.30. The van der Waals surface area contributed by atoms with E-state index in [0.29, 0.717) is 23.6 Å². The summed E-state index contributed by atoms with van der Waals surface area (Å²) in [6.45, 7) is 2.74. The number of nitrogens with two attached hydrogens (primary N) is 2. The summed E-state index contributed by atoms with van der Waals surface area (Å²) >= 11 is 0. The molecule has 3 rings (SSSR count). The van der Waals surface area contributed by atoms with Gasteiger partial charge in [0.15, 0.2) is 0 Å². The Hall–Kier alpha value is -3.13. The largest absolute Gasteiger partial charge is 0.494 e. The van der Waals surface area contributed by atoms with Crippen molar-refractivity contribution in [1.29, 1.82) is 5.26 Å². The maximum atomic E-state index is 9.53. The predicted octanol–water partition coefficient (Wildman–Crippen LogP) is 3.28. The van der Waals surface area contributed by atoms with Crippen molar-refractivity contribution < 1.29 is 9.47 Å². The van der Waals surface area contributed by atoms with Crippen molar-refractivity contribution in [3.8, 4) is 17.6 Å². The van der Waals surface area contributed by atoms with E-state index in [1.807, 2.05) is 30.3 Å². The molecule has 4 N–H and O–H groups in total. The second kappa shape index (κ2) is 6.55. The van der Waals surface area contributed by atoms with Gasteiger partial charge in [0, 0.05) is 17.3 Å². The molecule has 24 heavy (non-hydrogen) atoms. The summed E-state index contributed by atoms with van der Waals surface area (Å²) < 4.78 is 11.2. The number of allylic oxidation sites excluding steroid dienone is 1. The number of fused-ring (bicyclic) bond motifs is 1. The molecule has 1 atom stereocenters. The quantitative estimate of drug-likeness (QED) is 0.843. The van der Waals surface area contributed by atoms with Crippen LogP contribution < -0.4 is 20.9 Å². The molecule has 0 saturated carbocycles. The van der Waals surface area contributed by atoms with Gasteiger partial charge in [0.05, 0.1) is 12.5 Å². The topological polar surface area (TPSA) is 94.3 Å². The summed E-state index contributed by atoms with van der Waals surface area (Å²) in [6, 6.07) is 15.3. The first-order valence-electron chi connectivity index (χ1n) is 7.83. The van der Waals surface area contributed by atoms with Gasteiger partial charge in [-0.1, -0.05) is 25.1 Å². The number of nitriles is 1.